The van der Waals surface area contributed by atoms with Crippen LogP contribution >= 0.6 is 11.6 Å². The lowest BCUT2D eigenvalue weighted by Crippen LogP contribution is -1.93. The third kappa shape index (κ3) is 2.12. The van der Waals surface area contributed by atoms with Gasteiger partial charge in [0.05, 0.1) is 5.02 Å². The van der Waals surface area contributed by atoms with Crippen LogP contribution in [0.3, 0.4) is 0 Å². The Bertz CT molecular complexity index is 454. The van der Waals surface area contributed by atoms with Gasteiger partial charge in [0, 0.05) is 18.6 Å². The molecule has 0 fully saturated rings. The summed E-state index contributed by atoms with van der Waals surface area (Å²) in [4.78, 5) is 4.19. The molecule has 1 heterocycles. The summed E-state index contributed by atoms with van der Waals surface area (Å²) < 4.78 is 18.6. The molecule has 0 aliphatic heterocycles. The first-order chi connectivity index (χ1) is 7.06. The van der Waals surface area contributed by atoms with E-state index in [1.165, 1.54) is 12.1 Å². The van der Waals surface area contributed by atoms with Gasteiger partial charge in [-0.25, -0.2) is 9.37 Å². The zero-order chi connectivity index (χ0) is 11.0. The maximum atomic E-state index is 13.1. The van der Waals surface area contributed by atoms with Crippen LogP contribution in [0.5, 0.6) is 0 Å². The van der Waals surface area contributed by atoms with Crippen LogP contribution in [0.1, 0.15) is 19.7 Å². The number of rotatable bonds is 2. The number of hydrogen-bond donors (Lipinski definition) is 0. The summed E-state index contributed by atoms with van der Waals surface area (Å²) in [6, 6.07) is 2.76. The smallest absolute Gasteiger partial charge is 0.195 e. The van der Waals surface area contributed by atoms with Crippen molar-refractivity contribution < 1.29 is 8.81 Å². The molecule has 0 aliphatic rings. The van der Waals surface area contributed by atoms with Crippen molar-refractivity contribution in [1.82, 2.24) is 4.98 Å². The molecule has 0 radical (unpaired) electrons. The first-order valence-corrected chi connectivity index (χ1v) is 5.18. The average molecular weight is 228 g/mol. The maximum absolute atomic E-state index is 13.1. The van der Waals surface area contributed by atoms with Gasteiger partial charge in [-0.2, -0.15) is 0 Å². The molecule has 0 unspecified atom stereocenters. The van der Waals surface area contributed by atoms with Gasteiger partial charge >= 0.3 is 0 Å². The fourth-order valence-corrected chi connectivity index (χ4v) is 1.56. The molecule has 4 heteroatoms. The Labute approximate surface area is 92.1 Å². The van der Waals surface area contributed by atoms with Gasteiger partial charge in [-0.1, -0.05) is 25.4 Å². The third-order valence-electron chi connectivity index (χ3n) is 2.06. The Morgan fingerprint density at radius 3 is 2.87 bits per heavy atom. The summed E-state index contributed by atoms with van der Waals surface area (Å²) in [5, 5.41) is 0.0646. The summed E-state index contributed by atoms with van der Waals surface area (Å²) in [6.07, 6.45) is 0.744. The van der Waals surface area contributed by atoms with Crippen LogP contribution < -0.4 is 0 Å². The normalized spacial score (nSPS) is 11.5. The molecule has 0 amide bonds. The van der Waals surface area contributed by atoms with Gasteiger partial charge in [0.1, 0.15) is 11.3 Å². The molecule has 0 atom stereocenters. The second-order valence-corrected chi connectivity index (χ2v) is 4.35. The molecule has 0 saturated heterocycles. The van der Waals surface area contributed by atoms with Crippen molar-refractivity contribution in [2.45, 2.75) is 20.3 Å². The number of nitrogens with zero attached hydrogens (tertiary/aromatic N) is 1. The summed E-state index contributed by atoms with van der Waals surface area (Å²) in [5.74, 6) is 0.619. The van der Waals surface area contributed by atoms with Crippen molar-refractivity contribution in [1.29, 1.82) is 0 Å². The van der Waals surface area contributed by atoms with Crippen molar-refractivity contribution in [3.63, 3.8) is 0 Å². The minimum atomic E-state index is -0.464. The zero-order valence-electron chi connectivity index (χ0n) is 8.55. The summed E-state index contributed by atoms with van der Waals surface area (Å²) in [6.45, 7) is 4.14. The summed E-state index contributed by atoms with van der Waals surface area (Å²) in [7, 11) is 0. The first-order valence-electron chi connectivity index (χ1n) is 4.80. The molecule has 0 spiro atoms. The Hall–Kier alpha value is -1.09. The zero-order valence-corrected chi connectivity index (χ0v) is 9.31. The van der Waals surface area contributed by atoms with Crippen LogP contribution in [0.15, 0.2) is 16.5 Å². The lowest BCUT2D eigenvalue weighted by atomic mass is 10.1. The molecule has 2 nitrogen and oxygen atoms in total. The van der Waals surface area contributed by atoms with Crippen LogP contribution in [0.25, 0.3) is 11.1 Å². The van der Waals surface area contributed by atoms with Gasteiger partial charge in [0.2, 0.25) is 0 Å². The highest BCUT2D eigenvalue weighted by atomic mass is 35.5. The van der Waals surface area contributed by atoms with E-state index in [1.807, 2.05) is 0 Å². The molecule has 2 rings (SSSR count). The van der Waals surface area contributed by atoms with Gasteiger partial charge in [-0.15, -0.1) is 0 Å². The molecular weight excluding hydrogens is 217 g/mol. The second kappa shape index (κ2) is 3.81. The summed E-state index contributed by atoms with van der Waals surface area (Å²) >= 11 is 5.64. The second-order valence-electron chi connectivity index (χ2n) is 3.94. The topological polar surface area (TPSA) is 26.0 Å². The third-order valence-corrected chi connectivity index (χ3v) is 2.35. The highest BCUT2D eigenvalue weighted by Gasteiger charge is 2.10. The first kappa shape index (κ1) is 10.4. The Kier molecular flexibility index (Phi) is 2.65. The minimum Gasteiger partial charge on any atom is -0.441 e. The molecule has 1 aromatic carbocycles. The summed E-state index contributed by atoms with van der Waals surface area (Å²) in [5.41, 5.74) is 1.06. The number of aromatic nitrogens is 1. The van der Waals surface area contributed by atoms with Gasteiger partial charge in [0.25, 0.3) is 0 Å². The molecule has 0 N–H and O–H groups in total. The van der Waals surface area contributed by atoms with Crippen LogP contribution in [0.2, 0.25) is 5.02 Å². The molecule has 80 valence electrons. The van der Waals surface area contributed by atoms with Crippen molar-refractivity contribution >= 4 is 22.7 Å². The molecule has 2 aromatic rings. The van der Waals surface area contributed by atoms with E-state index in [2.05, 4.69) is 18.8 Å². The highest BCUT2D eigenvalue weighted by molar-refractivity contribution is 6.31. The van der Waals surface area contributed by atoms with E-state index < -0.39 is 5.82 Å². The fourth-order valence-electron chi connectivity index (χ4n) is 1.41. The van der Waals surface area contributed by atoms with E-state index in [0.29, 0.717) is 22.9 Å². The molecular formula is C11H11ClFNO. The predicted octanol–water partition coefficient (Wildman–Crippen LogP) is 3.82. The fraction of sp³-hybridized carbons (Fsp3) is 0.364. The quantitative estimate of drug-likeness (QED) is 0.780. The van der Waals surface area contributed by atoms with E-state index in [-0.39, 0.29) is 5.02 Å². The van der Waals surface area contributed by atoms with Gasteiger partial charge in [-0.05, 0) is 5.92 Å². The van der Waals surface area contributed by atoms with E-state index in [0.717, 1.165) is 6.42 Å². The molecule has 15 heavy (non-hydrogen) atoms. The number of fused-ring (bicyclic) bond motifs is 1. The highest BCUT2D eigenvalue weighted by Crippen LogP contribution is 2.24. The maximum Gasteiger partial charge on any atom is 0.195 e. The van der Waals surface area contributed by atoms with Crippen molar-refractivity contribution in [2.24, 2.45) is 5.92 Å². The number of benzene rings is 1. The van der Waals surface area contributed by atoms with Crippen LogP contribution in [0.4, 0.5) is 4.39 Å². The van der Waals surface area contributed by atoms with Gasteiger partial charge in [0.15, 0.2) is 11.5 Å². The van der Waals surface area contributed by atoms with Crippen molar-refractivity contribution in [3.05, 3.63) is 28.9 Å². The van der Waals surface area contributed by atoms with E-state index in [4.69, 9.17) is 16.0 Å². The standard InChI is InChI=1S/C11H11ClFNO/c1-6(2)3-11-14-9-5-8(13)7(12)4-10(9)15-11/h4-6H,3H2,1-2H3. The molecule has 0 bridgehead atoms. The Morgan fingerprint density at radius 2 is 2.20 bits per heavy atom. The van der Waals surface area contributed by atoms with Crippen LogP contribution in [-0.4, -0.2) is 4.98 Å². The SMILES string of the molecule is CC(C)Cc1nc2cc(F)c(Cl)cc2o1. The molecule has 0 aliphatic carbocycles. The van der Waals surface area contributed by atoms with Crippen LogP contribution in [0, 0.1) is 11.7 Å². The molecule has 0 saturated carbocycles. The van der Waals surface area contributed by atoms with E-state index >= 15 is 0 Å². The van der Waals surface area contributed by atoms with Crippen molar-refractivity contribution in [3.8, 4) is 0 Å². The largest absolute Gasteiger partial charge is 0.441 e. The van der Waals surface area contributed by atoms with E-state index in [1.54, 1.807) is 0 Å². The van der Waals surface area contributed by atoms with E-state index in [9.17, 15) is 4.39 Å². The van der Waals surface area contributed by atoms with Crippen LogP contribution in [-0.2, 0) is 6.42 Å². The molecule has 1 aromatic heterocycles. The van der Waals surface area contributed by atoms with Gasteiger partial charge in [-0.3, -0.25) is 0 Å². The minimum absolute atomic E-state index is 0.0646. The van der Waals surface area contributed by atoms with Gasteiger partial charge < -0.3 is 4.42 Å². The Morgan fingerprint density at radius 1 is 1.47 bits per heavy atom. The number of hydrogen-bond acceptors (Lipinski definition) is 2. The Balaban J connectivity index is 2.47. The average Bonchev–Trinajstić information content (AvgIpc) is 2.46. The lowest BCUT2D eigenvalue weighted by molar-refractivity contribution is 0.482. The predicted molar refractivity (Wildman–Crippen MR) is 57.5 cm³/mol. The number of oxazole rings is 1. The van der Waals surface area contributed by atoms with Crippen molar-refractivity contribution in [2.75, 3.05) is 0 Å². The monoisotopic (exact) mass is 227 g/mol. The number of halogens is 2. The lowest BCUT2D eigenvalue weighted by Gasteiger charge is -1.96.